The van der Waals surface area contributed by atoms with Crippen LogP contribution in [0.25, 0.3) is 10.1 Å². The summed E-state index contributed by atoms with van der Waals surface area (Å²) in [5.41, 5.74) is 0.690. The van der Waals surface area contributed by atoms with Crippen LogP contribution in [0.5, 0.6) is 0 Å². The van der Waals surface area contributed by atoms with E-state index in [1.165, 1.54) is 23.3 Å². The first-order chi connectivity index (χ1) is 19.4. The van der Waals surface area contributed by atoms with E-state index in [1.54, 1.807) is 32.7 Å². The minimum atomic E-state index is -1.19. The van der Waals surface area contributed by atoms with Crippen molar-refractivity contribution in [1.82, 2.24) is 15.5 Å². The third kappa shape index (κ3) is 8.51. The van der Waals surface area contributed by atoms with Crippen LogP contribution in [0.4, 0.5) is 10.5 Å². The molecule has 0 aliphatic heterocycles. The number of hydrogen-bond donors (Lipinski definition) is 3. The molecule has 3 N–H and O–H groups in total. The molecular formula is C30H38N4O6S. The van der Waals surface area contributed by atoms with Crippen molar-refractivity contribution < 1.29 is 29.0 Å². The highest BCUT2D eigenvalue weighted by molar-refractivity contribution is 7.17. The minimum absolute atomic E-state index is 0.0201. The molecule has 0 aliphatic rings. The predicted molar refractivity (Wildman–Crippen MR) is 160 cm³/mol. The summed E-state index contributed by atoms with van der Waals surface area (Å²) in [6, 6.07) is 16.4. The van der Waals surface area contributed by atoms with Crippen molar-refractivity contribution in [2.45, 2.75) is 38.8 Å². The lowest BCUT2D eigenvalue weighted by atomic mass is 10.0. The molecule has 0 spiro atoms. The van der Waals surface area contributed by atoms with E-state index in [9.17, 15) is 19.2 Å². The molecular weight excluding hydrogens is 544 g/mol. The molecule has 1 unspecified atom stereocenters. The lowest BCUT2D eigenvalue weighted by molar-refractivity contribution is -0.141. The van der Waals surface area contributed by atoms with E-state index in [4.69, 9.17) is 9.84 Å². The van der Waals surface area contributed by atoms with Crippen LogP contribution in [0.3, 0.4) is 0 Å². The quantitative estimate of drug-likeness (QED) is 0.282. The van der Waals surface area contributed by atoms with Crippen LogP contribution in [0.2, 0.25) is 0 Å². The number of carbonyl (C=O) groups excluding carboxylic acids is 3. The number of amides is 4. The second kappa shape index (κ2) is 14.1. The second-order valence-electron chi connectivity index (χ2n) is 10.6. The van der Waals surface area contributed by atoms with Gasteiger partial charge in [0, 0.05) is 42.5 Å². The van der Waals surface area contributed by atoms with Crippen LogP contribution < -0.4 is 15.5 Å². The molecule has 3 aromatic rings. The average Bonchev–Trinajstić information content (AvgIpc) is 3.36. The summed E-state index contributed by atoms with van der Waals surface area (Å²) < 4.78 is 6.62. The number of rotatable bonds is 13. The van der Waals surface area contributed by atoms with Crippen LogP contribution in [0.15, 0.2) is 60.0 Å². The summed E-state index contributed by atoms with van der Waals surface area (Å²) in [6.07, 6.45) is -0.837. The summed E-state index contributed by atoms with van der Waals surface area (Å²) in [4.78, 5) is 54.0. The highest BCUT2D eigenvalue weighted by Gasteiger charge is 2.32. The standard InChI is InChI=1S/C30H38N4O6S/c1-20(28(37)33(5)23(27(36)31-4)15-21-11-7-6-8-12-21)16-34(24-18-41-25-14-10-9-13-22(24)25)26(35)17-40-19-30(2,3)32-29(38)39/h6-14,18,20,23,32H,15-17,19H2,1-5H3,(H,31,36)(H,38,39)/t20?,23-/m1/s1. The van der Waals surface area contributed by atoms with Gasteiger partial charge in [-0.25, -0.2) is 4.79 Å². The Kier molecular flexibility index (Phi) is 10.8. The van der Waals surface area contributed by atoms with Crippen molar-refractivity contribution in [3.05, 3.63) is 65.5 Å². The zero-order chi connectivity index (χ0) is 30.2. The Labute approximate surface area is 244 Å². The molecule has 220 valence electrons. The number of ether oxygens (including phenoxy) is 1. The molecule has 0 bridgehead atoms. The molecule has 0 saturated heterocycles. The van der Waals surface area contributed by atoms with Crippen LogP contribution in [0, 0.1) is 5.92 Å². The van der Waals surface area contributed by atoms with E-state index in [-0.39, 0.29) is 37.5 Å². The third-order valence-corrected chi connectivity index (χ3v) is 7.65. The number of nitrogens with one attached hydrogen (secondary N) is 2. The van der Waals surface area contributed by atoms with Gasteiger partial charge in [-0.2, -0.15) is 0 Å². The van der Waals surface area contributed by atoms with Crippen molar-refractivity contribution in [2.24, 2.45) is 5.92 Å². The molecule has 0 radical (unpaired) electrons. The van der Waals surface area contributed by atoms with E-state index >= 15 is 0 Å². The van der Waals surface area contributed by atoms with Gasteiger partial charge in [-0.3, -0.25) is 14.4 Å². The van der Waals surface area contributed by atoms with Gasteiger partial charge in [-0.15, -0.1) is 11.3 Å². The summed E-state index contributed by atoms with van der Waals surface area (Å²) in [7, 11) is 3.14. The van der Waals surface area contributed by atoms with Crippen molar-refractivity contribution in [3.63, 3.8) is 0 Å². The molecule has 0 fully saturated rings. The van der Waals surface area contributed by atoms with Crippen molar-refractivity contribution >= 4 is 50.9 Å². The Hall–Kier alpha value is -3.96. The zero-order valence-corrected chi connectivity index (χ0v) is 24.9. The fourth-order valence-electron chi connectivity index (χ4n) is 4.57. The van der Waals surface area contributed by atoms with E-state index in [1.807, 2.05) is 60.0 Å². The van der Waals surface area contributed by atoms with E-state index in [0.29, 0.717) is 12.1 Å². The molecule has 2 atom stereocenters. The molecule has 41 heavy (non-hydrogen) atoms. The Morgan fingerprint density at radius 2 is 1.71 bits per heavy atom. The van der Waals surface area contributed by atoms with Gasteiger partial charge in [0.25, 0.3) is 5.91 Å². The largest absolute Gasteiger partial charge is 0.465 e. The number of thiophene rings is 1. The van der Waals surface area contributed by atoms with Crippen LogP contribution in [0.1, 0.15) is 26.3 Å². The van der Waals surface area contributed by atoms with Crippen molar-refractivity contribution in [3.8, 4) is 0 Å². The molecule has 4 amide bonds. The van der Waals surface area contributed by atoms with Gasteiger partial charge in [-0.1, -0.05) is 55.5 Å². The first kappa shape index (κ1) is 31.6. The molecule has 1 heterocycles. The van der Waals surface area contributed by atoms with Gasteiger partial charge in [0.15, 0.2) is 0 Å². The molecule has 0 aliphatic carbocycles. The van der Waals surface area contributed by atoms with Gasteiger partial charge < -0.3 is 30.3 Å². The number of anilines is 1. The number of hydrogen-bond acceptors (Lipinski definition) is 6. The Bertz CT molecular complexity index is 1360. The third-order valence-electron chi connectivity index (χ3n) is 6.70. The van der Waals surface area contributed by atoms with Gasteiger partial charge in [0.05, 0.1) is 23.8 Å². The van der Waals surface area contributed by atoms with Gasteiger partial charge in [0.2, 0.25) is 11.8 Å². The summed E-state index contributed by atoms with van der Waals surface area (Å²) in [5.74, 6) is -1.57. The Morgan fingerprint density at radius 1 is 1.05 bits per heavy atom. The number of nitrogens with zero attached hydrogens (tertiary/aromatic N) is 2. The first-order valence-electron chi connectivity index (χ1n) is 13.3. The molecule has 2 aromatic carbocycles. The number of benzene rings is 2. The molecule has 0 saturated carbocycles. The average molecular weight is 583 g/mol. The Balaban J connectivity index is 1.81. The number of carbonyl (C=O) groups is 4. The van der Waals surface area contributed by atoms with Crippen LogP contribution in [-0.4, -0.2) is 79.3 Å². The second-order valence-corrected chi connectivity index (χ2v) is 11.5. The summed E-state index contributed by atoms with van der Waals surface area (Å²) in [5, 5.41) is 16.8. The molecule has 11 heteroatoms. The van der Waals surface area contributed by atoms with E-state index in [2.05, 4.69) is 10.6 Å². The van der Waals surface area contributed by atoms with E-state index < -0.39 is 23.6 Å². The van der Waals surface area contributed by atoms with Crippen molar-refractivity contribution in [1.29, 1.82) is 0 Å². The summed E-state index contributed by atoms with van der Waals surface area (Å²) >= 11 is 1.49. The van der Waals surface area contributed by atoms with E-state index in [0.717, 1.165) is 15.6 Å². The van der Waals surface area contributed by atoms with Gasteiger partial charge >= 0.3 is 6.09 Å². The normalized spacial score (nSPS) is 12.8. The lowest BCUT2D eigenvalue weighted by Crippen LogP contribution is -2.51. The number of fused-ring (bicyclic) bond motifs is 1. The van der Waals surface area contributed by atoms with Crippen LogP contribution in [-0.2, 0) is 25.5 Å². The monoisotopic (exact) mass is 582 g/mol. The number of carboxylic acid groups (broad SMARTS) is 1. The highest BCUT2D eigenvalue weighted by Crippen LogP contribution is 2.33. The SMILES string of the molecule is CNC(=O)[C@@H](Cc1ccccc1)N(C)C(=O)C(C)CN(C(=O)COCC(C)(C)NC(=O)O)c1csc2ccccc12. The maximum Gasteiger partial charge on any atom is 0.405 e. The predicted octanol–water partition coefficient (Wildman–Crippen LogP) is 3.75. The fraction of sp³-hybridized carbons (Fsp3) is 0.400. The minimum Gasteiger partial charge on any atom is -0.465 e. The Morgan fingerprint density at radius 3 is 2.37 bits per heavy atom. The highest BCUT2D eigenvalue weighted by atomic mass is 32.1. The maximum atomic E-state index is 13.6. The topological polar surface area (TPSA) is 128 Å². The van der Waals surface area contributed by atoms with Gasteiger partial charge in [0.1, 0.15) is 12.6 Å². The van der Waals surface area contributed by atoms with Gasteiger partial charge in [-0.05, 0) is 25.5 Å². The first-order valence-corrected chi connectivity index (χ1v) is 14.2. The zero-order valence-electron chi connectivity index (χ0n) is 24.0. The molecule has 1 aromatic heterocycles. The maximum absolute atomic E-state index is 13.6. The lowest BCUT2D eigenvalue weighted by Gasteiger charge is -2.32. The molecule has 10 nitrogen and oxygen atoms in total. The smallest absolute Gasteiger partial charge is 0.405 e. The van der Waals surface area contributed by atoms with Crippen LogP contribution >= 0.6 is 11.3 Å². The fourth-order valence-corrected chi connectivity index (χ4v) is 5.52. The molecule has 3 rings (SSSR count). The van der Waals surface area contributed by atoms with Crippen molar-refractivity contribution in [2.75, 3.05) is 38.8 Å². The number of likely N-dealkylation sites (N-methyl/N-ethyl adjacent to an activating group) is 2. The summed E-state index contributed by atoms with van der Waals surface area (Å²) in [6.45, 7) is 4.79.